The molecule has 3 aliphatic carbocycles. The number of thiazole rings is 1. The number of oxime groups is 1. The van der Waals surface area contributed by atoms with Gasteiger partial charge in [0.1, 0.15) is 7.11 Å². The van der Waals surface area contributed by atoms with Gasteiger partial charge in [0.05, 0.1) is 21.2 Å². The van der Waals surface area contributed by atoms with Crippen molar-refractivity contribution in [2.45, 2.75) is 64.7 Å². The number of nitrogens with zero attached hydrogens (tertiary/aromatic N) is 3. The lowest BCUT2D eigenvalue weighted by Gasteiger charge is -2.50. The Hall–Kier alpha value is -1.53. The topological polar surface area (TPSA) is 93.1 Å². The number of aryl methyl sites for hydroxylation is 1. The van der Waals surface area contributed by atoms with E-state index in [2.05, 4.69) is 60.3 Å². The molecule has 0 spiro atoms. The van der Waals surface area contributed by atoms with Gasteiger partial charge in [0.15, 0.2) is 10.9 Å². The van der Waals surface area contributed by atoms with E-state index in [9.17, 15) is 9.59 Å². The van der Waals surface area contributed by atoms with Gasteiger partial charge in [-0.05, 0) is 132 Å². The van der Waals surface area contributed by atoms with Crippen LogP contribution in [0, 0.1) is 30.1 Å². The van der Waals surface area contributed by atoms with Crippen molar-refractivity contribution in [3.05, 3.63) is 37.2 Å². The van der Waals surface area contributed by atoms with Crippen molar-refractivity contribution in [1.29, 1.82) is 0 Å². The third kappa shape index (κ3) is 6.60. The number of nitrogens with one attached hydrogen (secondary N) is 1. The number of carbonyl (C=O) groups is 2. The van der Waals surface area contributed by atoms with Gasteiger partial charge in [0.2, 0.25) is 5.91 Å². The minimum absolute atomic E-state index is 0. The monoisotopic (exact) mass is 744 g/mol. The third-order valence-electron chi connectivity index (χ3n) is 9.22. The van der Waals surface area contributed by atoms with E-state index in [1.54, 1.807) is 18.2 Å². The summed E-state index contributed by atoms with van der Waals surface area (Å²) in [5.41, 5.74) is 3.67. The molecule has 3 aliphatic rings. The Bertz CT molecular complexity index is 1370. The van der Waals surface area contributed by atoms with Crippen LogP contribution in [0.5, 0.6) is 5.75 Å². The summed E-state index contributed by atoms with van der Waals surface area (Å²) in [6.45, 7) is 4.56. The van der Waals surface area contributed by atoms with Gasteiger partial charge in [-0.3, -0.25) is 14.5 Å². The molecule has 8 nitrogen and oxygen atoms in total. The molecule has 2 aromatic rings. The number of halogens is 3. The Kier molecular flexibility index (Phi) is 10.8. The number of hydrogen-bond donors (Lipinski definition) is 1. The largest absolute Gasteiger partial charge is 0.423 e. The maximum atomic E-state index is 12.9. The van der Waals surface area contributed by atoms with Crippen LogP contribution >= 0.6 is 55.6 Å². The number of carbonyl (C=O) groups excluding carboxylic acids is 2. The van der Waals surface area contributed by atoms with Crippen LogP contribution in [0.2, 0.25) is 0 Å². The fourth-order valence-corrected chi connectivity index (χ4v) is 9.83. The first kappa shape index (κ1) is 33.4. The standard InChI is InChI=1S/C30H38Br2N4O4S.ClH/c1-16-14-33-29(41-16)34-24(37)9-6-17-12-23(35-39-5)30(2)11-10-18-19(26(17)30)7-8-20-21(18)13-22(31)28(27(20)32)40-25(38)15-36(3)4;/h13-14,17-19,26H,6-12,15H2,1-5H3,(H,33,34,37);1H/t17-,18?,19?,26?,30-;/m1./s1. The molecule has 1 aromatic carbocycles. The summed E-state index contributed by atoms with van der Waals surface area (Å²) >= 11 is 9.01. The van der Waals surface area contributed by atoms with Crippen LogP contribution in [0.15, 0.2) is 26.4 Å². The second-order valence-corrected chi connectivity index (χ2v) is 15.0. The van der Waals surface area contributed by atoms with Crippen LogP contribution in [0.1, 0.15) is 67.4 Å². The number of fused-ring (bicyclic) bond motifs is 5. The van der Waals surface area contributed by atoms with Crippen LogP contribution in [-0.2, 0) is 20.8 Å². The van der Waals surface area contributed by atoms with Crippen LogP contribution in [-0.4, -0.2) is 55.2 Å². The zero-order chi connectivity index (χ0) is 29.5. The van der Waals surface area contributed by atoms with Crippen molar-refractivity contribution in [2.75, 3.05) is 33.1 Å². The molecule has 42 heavy (non-hydrogen) atoms. The summed E-state index contributed by atoms with van der Waals surface area (Å²) < 4.78 is 7.45. The molecule has 5 rings (SSSR count). The fraction of sp³-hybridized carbons (Fsp3) is 0.600. The van der Waals surface area contributed by atoms with Gasteiger partial charge in [-0.1, -0.05) is 12.1 Å². The van der Waals surface area contributed by atoms with E-state index in [-0.39, 0.29) is 36.2 Å². The van der Waals surface area contributed by atoms with E-state index in [1.165, 1.54) is 22.5 Å². The van der Waals surface area contributed by atoms with E-state index in [1.807, 2.05) is 21.0 Å². The smallest absolute Gasteiger partial charge is 0.325 e. The molecule has 0 saturated heterocycles. The number of anilines is 1. The van der Waals surface area contributed by atoms with Gasteiger partial charge in [-0.15, -0.1) is 23.7 Å². The van der Waals surface area contributed by atoms with E-state index < -0.39 is 0 Å². The molecule has 12 heteroatoms. The Morgan fingerprint density at radius 3 is 2.71 bits per heavy atom. The normalized spacial score (nSPS) is 27.1. The van der Waals surface area contributed by atoms with E-state index in [0.29, 0.717) is 41.0 Å². The molecule has 1 N–H and O–H groups in total. The van der Waals surface area contributed by atoms with Crippen molar-refractivity contribution in [3.63, 3.8) is 0 Å². The van der Waals surface area contributed by atoms with Gasteiger partial charge in [-0.2, -0.15) is 0 Å². The molecule has 1 heterocycles. The number of aromatic nitrogens is 1. The molecule has 0 aliphatic heterocycles. The van der Waals surface area contributed by atoms with E-state index >= 15 is 0 Å². The Labute approximate surface area is 275 Å². The van der Waals surface area contributed by atoms with Gasteiger partial charge in [0.25, 0.3) is 0 Å². The zero-order valence-electron chi connectivity index (χ0n) is 24.7. The lowest BCUT2D eigenvalue weighted by atomic mass is 9.54. The summed E-state index contributed by atoms with van der Waals surface area (Å²) in [7, 11) is 5.33. The molecule has 2 saturated carbocycles. The second kappa shape index (κ2) is 13.6. The van der Waals surface area contributed by atoms with Crippen molar-refractivity contribution >= 4 is 78.3 Å². The minimum atomic E-state index is -0.286. The minimum Gasteiger partial charge on any atom is -0.423 e. The third-order valence-corrected chi connectivity index (χ3v) is 11.5. The molecule has 230 valence electrons. The maximum absolute atomic E-state index is 12.9. The quantitative estimate of drug-likeness (QED) is 0.172. The first-order valence-corrected chi connectivity index (χ1v) is 16.6. The average molecular weight is 747 g/mol. The fourth-order valence-electron chi connectivity index (χ4n) is 7.64. The second-order valence-electron chi connectivity index (χ2n) is 12.1. The lowest BCUT2D eigenvalue weighted by molar-refractivity contribution is -0.135. The van der Waals surface area contributed by atoms with E-state index in [4.69, 9.17) is 9.57 Å². The summed E-state index contributed by atoms with van der Waals surface area (Å²) in [5.74, 6) is 1.92. The lowest BCUT2D eigenvalue weighted by Crippen LogP contribution is -2.44. The van der Waals surface area contributed by atoms with Gasteiger partial charge >= 0.3 is 5.97 Å². The van der Waals surface area contributed by atoms with Crippen molar-refractivity contribution in [1.82, 2.24) is 9.88 Å². The highest BCUT2D eigenvalue weighted by molar-refractivity contribution is 9.11. The highest BCUT2D eigenvalue weighted by atomic mass is 79.9. The van der Waals surface area contributed by atoms with Gasteiger partial charge < -0.3 is 14.9 Å². The number of benzene rings is 1. The number of esters is 1. The average Bonchev–Trinajstić information content (AvgIpc) is 3.44. The first-order chi connectivity index (χ1) is 19.5. The van der Waals surface area contributed by atoms with Crippen LogP contribution in [0.4, 0.5) is 5.13 Å². The Morgan fingerprint density at radius 1 is 1.29 bits per heavy atom. The first-order valence-electron chi connectivity index (χ1n) is 14.2. The SMILES string of the molecule is CON=C1C[C@@H](CCC(=O)Nc2ncc(C)s2)C2C3CCc4c(cc(Br)c(OC(=O)CN(C)C)c4Br)C3CC[C@]12C.Cl. The molecule has 5 atom stereocenters. The summed E-state index contributed by atoms with van der Waals surface area (Å²) in [6.07, 6.45) is 7.95. The molecule has 0 radical (unpaired) electrons. The Morgan fingerprint density at radius 2 is 2.05 bits per heavy atom. The van der Waals surface area contributed by atoms with Crippen molar-refractivity contribution in [3.8, 4) is 5.75 Å². The molecule has 1 amide bonds. The number of ether oxygens (including phenoxy) is 1. The maximum Gasteiger partial charge on any atom is 0.325 e. The predicted molar refractivity (Wildman–Crippen MR) is 176 cm³/mol. The molecule has 0 bridgehead atoms. The number of rotatable bonds is 8. The van der Waals surface area contributed by atoms with E-state index in [0.717, 1.165) is 58.1 Å². The number of amides is 1. The van der Waals surface area contributed by atoms with Crippen molar-refractivity contribution in [2.24, 2.45) is 28.3 Å². The number of likely N-dealkylation sites (N-methyl/N-ethyl adjacent to an activating group) is 1. The molecular weight excluding hydrogens is 708 g/mol. The van der Waals surface area contributed by atoms with Gasteiger partial charge in [0, 0.05) is 22.9 Å². The Balaban J connectivity index is 0.00000405. The summed E-state index contributed by atoms with van der Waals surface area (Å²) in [5, 5.41) is 8.18. The van der Waals surface area contributed by atoms with Crippen LogP contribution in [0.3, 0.4) is 0 Å². The summed E-state index contributed by atoms with van der Waals surface area (Å²) in [4.78, 5) is 37.8. The van der Waals surface area contributed by atoms with Gasteiger partial charge in [-0.25, -0.2) is 4.98 Å². The summed E-state index contributed by atoms with van der Waals surface area (Å²) in [6, 6.07) is 2.18. The highest BCUT2D eigenvalue weighted by Crippen LogP contribution is 2.63. The highest BCUT2D eigenvalue weighted by Gasteiger charge is 2.58. The predicted octanol–water partition coefficient (Wildman–Crippen LogP) is 7.37. The number of hydrogen-bond acceptors (Lipinski definition) is 8. The van der Waals surface area contributed by atoms with Crippen LogP contribution in [0.25, 0.3) is 0 Å². The zero-order valence-corrected chi connectivity index (χ0v) is 29.5. The molecular formula is C30H39Br2ClN4O4S. The van der Waals surface area contributed by atoms with Crippen molar-refractivity contribution < 1.29 is 19.2 Å². The molecule has 3 unspecified atom stereocenters. The van der Waals surface area contributed by atoms with Crippen LogP contribution < -0.4 is 10.1 Å². The molecule has 2 fully saturated rings. The molecule has 1 aromatic heterocycles.